The van der Waals surface area contributed by atoms with Gasteiger partial charge in [0, 0.05) is 12.7 Å². The number of amides is 1. The molecule has 80 valence electrons. The highest BCUT2D eigenvalue weighted by Gasteiger charge is 2.32. The molecule has 0 saturated carbocycles. The molecule has 0 spiro atoms. The van der Waals surface area contributed by atoms with Crippen LogP contribution in [-0.2, 0) is 4.79 Å². The Labute approximate surface area is 97.6 Å². The molecule has 1 atom stereocenters. The van der Waals surface area contributed by atoms with Gasteiger partial charge in [-0.1, -0.05) is 15.9 Å². The minimum Gasteiger partial charge on any atom is -0.309 e. The Morgan fingerprint density at radius 3 is 2.80 bits per heavy atom. The summed E-state index contributed by atoms with van der Waals surface area (Å²) in [7, 11) is 0. The van der Waals surface area contributed by atoms with Crippen LogP contribution in [0.15, 0.2) is 12.3 Å². The van der Waals surface area contributed by atoms with E-state index < -0.39 is 0 Å². The molecule has 1 saturated heterocycles. The molecule has 0 N–H and O–H groups in total. The molecular weight excluding hydrogens is 256 g/mol. The van der Waals surface area contributed by atoms with Gasteiger partial charge in [-0.25, -0.2) is 0 Å². The fraction of sp³-hybridized carbons (Fsp3) is 0.455. The number of anilines is 1. The molecule has 0 bridgehead atoms. The topological polar surface area (TPSA) is 33.2 Å². The smallest absolute Gasteiger partial charge is 0.240 e. The molecule has 1 fully saturated rings. The van der Waals surface area contributed by atoms with Gasteiger partial charge in [-0.15, -0.1) is 0 Å². The van der Waals surface area contributed by atoms with Gasteiger partial charge in [0.05, 0.1) is 16.2 Å². The molecule has 1 aliphatic heterocycles. The maximum atomic E-state index is 11.9. The number of carbonyl (C=O) groups is 1. The van der Waals surface area contributed by atoms with E-state index in [1.54, 1.807) is 6.20 Å². The third kappa shape index (κ3) is 1.78. The predicted molar refractivity (Wildman–Crippen MR) is 63.4 cm³/mol. The lowest BCUT2D eigenvalue weighted by Crippen LogP contribution is -2.28. The van der Waals surface area contributed by atoms with Crippen LogP contribution in [-0.4, -0.2) is 22.3 Å². The number of alkyl halides is 1. The molecule has 15 heavy (non-hydrogen) atoms. The summed E-state index contributed by atoms with van der Waals surface area (Å²) in [5, 5.41) is 0. The van der Waals surface area contributed by atoms with Gasteiger partial charge < -0.3 is 4.90 Å². The van der Waals surface area contributed by atoms with E-state index in [9.17, 15) is 4.79 Å². The minimum atomic E-state index is -0.0310. The van der Waals surface area contributed by atoms with Crippen LogP contribution in [0.3, 0.4) is 0 Å². The van der Waals surface area contributed by atoms with Crippen molar-refractivity contribution in [1.82, 2.24) is 4.98 Å². The fourth-order valence-electron chi connectivity index (χ4n) is 1.96. The summed E-state index contributed by atoms with van der Waals surface area (Å²) < 4.78 is 0. The maximum Gasteiger partial charge on any atom is 0.240 e. The Bertz CT molecular complexity index is 385. The lowest BCUT2D eigenvalue weighted by molar-refractivity contribution is -0.116. The first-order valence-corrected chi connectivity index (χ1v) is 5.90. The number of aromatic nitrogens is 1. The van der Waals surface area contributed by atoms with E-state index in [1.165, 1.54) is 0 Å². The quantitative estimate of drug-likeness (QED) is 0.732. The SMILES string of the molecule is Cc1ccnc(C)c1N1CCC(Br)C1=O. The summed E-state index contributed by atoms with van der Waals surface area (Å²) >= 11 is 3.38. The molecule has 3 nitrogen and oxygen atoms in total. The van der Waals surface area contributed by atoms with E-state index >= 15 is 0 Å². The van der Waals surface area contributed by atoms with Crippen LogP contribution in [0.25, 0.3) is 0 Å². The van der Waals surface area contributed by atoms with Gasteiger partial charge in [-0.3, -0.25) is 9.78 Å². The van der Waals surface area contributed by atoms with Gasteiger partial charge in [0.25, 0.3) is 0 Å². The minimum absolute atomic E-state index is 0.0310. The van der Waals surface area contributed by atoms with Crippen molar-refractivity contribution >= 4 is 27.5 Å². The molecule has 2 heterocycles. The number of halogens is 1. The van der Waals surface area contributed by atoms with Gasteiger partial charge in [-0.05, 0) is 31.9 Å². The number of carbonyl (C=O) groups excluding carboxylic acids is 1. The number of pyridine rings is 1. The highest BCUT2D eigenvalue weighted by Crippen LogP contribution is 2.29. The predicted octanol–water partition coefficient (Wildman–Crippen LogP) is 2.20. The number of hydrogen-bond acceptors (Lipinski definition) is 2. The van der Waals surface area contributed by atoms with E-state index in [-0.39, 0.29) is 10.7 Å². The van der Waals surface area contributed by atoms with Gasteiger partial charge >= 0.3 is 0 Å². The third-order valence-corrected chi connectivity index (χ3v) is 3.57. The van der Waals surface area contributed by atoms with Crippen molar-refractivity contribution in [2.24, 2.45) is 0 Å². The molecule has 4 heteroatoms. The summed E-state index contributed by atoms with van der Waals surface area (Å²) in [6.45, 7) is 4.73. The van der Waals surface area contributed by atoms with Crippen LogP contribution in [0.5, 0.6) is 0 Å². The van der Waals surface area contributed by atoms with Gasteiger partial charge in [0.15, 0.2) is 0 Å². The number of rotatable bonds is 1. The molecule has 1 aromatic rings. The second kappa shape index (κ2) is 3.93. The first kappa shape index (κ1) is 10.6. The standard InChI is InChI=1S/C11H13BrN2O/c1-7-3-5-13-8(2)10(7)14-6-4-9(12)11(14)15/h3,5,9H,4,6H2,1-2H3. The van der Waals surface area contributed by atoms with Crippen LogP contribution < -0.4 is 4.90 Å². The second-order valence-corrected chi connectivity index (χ2v) is 4.91. The van der Waals surface area contributed by atoms with Crippen LogP contribution in [0.2, 0.25) is 0 Å². The Balaban J connectivity index is 2.42. The van der Waals surface area contributed by atoms with E-state index in [1.807, 2.05) is 24.8 Å². The van der Waals surface area contributed by atoms with Crippen molar-refractivity contribution in [3.63, 3.8) is 0 Å². The second-order valence-electron chi connectivity index (χ2n) is 3.81. The zero-order chi connectivity index (χ0) is 11.0. The Morgan fingerprint density at radius 1 is 1.53 bits per heavy atom. The molecule has 0 aliphatic carbocycles. The Hall–Kier alpha value is -0.900. The zero-order valence-electron chi connectivity index (χ0n) is 8.83. The van der Waals surface area contributed by atoms with Gasteiger partial charge in [-0.2, -0.15) is 0 Å². The van der Waals surface area contributed by atoms with E-state index in [2.05, 4.69) is 20.9 Å². The van der Waals surface area contributed by atoms with E-state index in [4.69, 9.17) is 0 Å². The highest BCUT2D eigenvalue weighted by atomic mass is 79.9. The van der Waals surface area contributed by atoms with E-state index in [0.717, 1.165) is 29.9 Å². The average Bonchev–Trinajstić information content (AvgIpc) is 2.49. The fourth-order valence-corrected chi connectivity index (χ4v) is 2.41. The largest absolute Gasteiger partial charge is 0.309 e. The third-order valence-electron chi connectivity index (χ3n) is 2.72. The Kier molecular flexibility index (Phi) is 2.78. The highest BCUT2D eigenvalue weighted by molar-refractivity contribution is 9.10. The molecule has 2 rings (SSSR count). The van der Waals surface area contributed by atoms with Gasteiger partial charge in [0.1, 0.15) is 0 Å². The summed E-state index contributed by atoms with van der Waals surface area (Å²) in [5.74, 6) is 0.147. The number of aryl methyl sites for hydroxylation is 2. The summed E-state index contributed by atoms with van der Waals surface area (Å²) in [6.07, 6.45) is 2.65. The first-order valence-electron chi connectivity index (χ1n) is 4.99. The molecule has 0 aromatic carbocycles. The summed E-state index contributed by atoms with van der Waals surface area (Å²) in [4.78, 5) is 17.9. The molecule has 1 amide bonds. The van der Waals surface area contributed by atoms with Crippen molar-refractivity contribution in [1.29, 1.82) is 0 Å². The summed E-state index contributed by atoms with van der Waals surface area (Å²) in [6, 6.07) is 1.94. The molecular formula is C11H13BrN2O. The van der Waals surface area contributed by atoms with Crippen LogP contribution in [0.4, 0.5) is 5.69 Å². The Morgan fingerprint density at radius 2 is 2.27 bits per heavy atom. The van der Waals surface area contributed by atoms with Crippen LogP contribution >= 0.6 is 15.9 Å². The average molecular weight is 269 g/mol. The van der Waals surface area contributed by atoms with Crippen LogP contribution in [0.1, 0.15) is 17.7 Å². The normalized spacial score (nSPS) is 21.1. The number of hydrogen-bond donors (Lipinski definition) is 0. The van der Waals surface area contributed by atoms with Crippen molar-refractivity contribution in [2.45, 2.75) is 25.1 Å². The maximum absolute atomic E-state index is 11.9. The van der Waals surface area contributed by atoms with Crippen molar-refractivity contribution in [2.75, 3.05) is 11.4 Å². The lowest BCUT2D eigenvalue weighted by atomic mass is 10.2. The molecule has 1 aliphatic rings. The number of nitrogens with zero attached hydrogens (tertiary/aromatic N) is 2. The molecule has 0 radical (unpaired) electrons. The van der Waals surface area contributed by atoms with Crippen molar-refractivity contribution in [3.8, 4) is 0 Å². The molecule has 1 unspecified atom stereocenters. The molecule has 1 aromatic heterocycles. The first-order chi connectivity index (χ1) is 7.11. The monoisotopic (exact) mass is 268 g/mol. The lowest BCUT2D eigenvalue weighted by Gasteiger charge is -2.20. The zero-order valence-corrected chi connectivity index (χ0v) is 10.4. The van der Waals surface area contributed by atoms with Crippen molar-refractivity contribution in [3.05, 3.63) is 23.5 Å². The van der Waals surface area contributed by atoms with Crippen molar-refractivity contribution < 1.29 is 4.79 Å². The van der Waals surface area contributed by atoms with Gasteiger partial charge in [0.2, 0.25) is 5.91 Å². The van der Waals surface area contributed by atoms with Crippen LogP contribution in [0, 0.1) is 13.8 Å². The van der Waals surface area contributed by atoms with E-state index in [0.29, 0.717) is 0 Å². The summed E-state index contributed by atoms with van der Waals surface area (Å²) in [5.41, 5.74) is 3.01.